The van der Waals surface area contributed by atoms with Gasteiger partial charge in [-0.15, -0.1) is 0 Å². The first-order valence-electron chi connectivity index (χ1n) is 6.49. The molecule has 1 aromatic rings. The molecule has 0 spiro atoms. The number of rotatable bonds is 4. The van der Waals surface area contributed by atoms with Crippen molar-refractivity contribution in [2.75, 3.05) is 26.7 Å². The van der Waals surface area contributed by atoms with Crippen LogP contribution in [0.2, 0.25) is 0 Å². The molecule has 0 bridgehead atoms. The molecule has 2 rings (SSSR count). The molecule has 1 saturated heterocycles. The molecule has 0 radical (unpaired) electrons. The van der Waals surface area contributed by atoms with Crippen molar-refractivity contribution in [3.63, 3.8) is 0 Å². The summed E-state index contributed by atoms with van der Waals surface area (Å²) in [6, 6.07) is 7.98. The molecule has 0 saturated carbocycles. The van der Waals surface area contributed by atoms with E-state index in [0.717, 1.165) is 43.8 Å². The van der Waals surface area contributed by atoms with E-state index in [1.165, 1.54) is 0 Å². The number of para-hydroxylation sites is 1. The third-order valence-electron chi connectivity index (χ3n) is 3.28. The van der Waals surface area contributed by atoms with Gasteiger partial charge >= 0.3 is 0 Å². The monoisotopic (exact) mass is 247 g/mol. The van der Waals surface area contributed by atoms with Gasteiger partial charge in [-0.2, -0.15) is 0 Å². The number of piperidine rings is 1. The first kappa shape index (κ1) is 13.1. The second-order valence-corrected chi connectivity index (χ2v) is 4.70. The van der Waals surface area contributed by atoms with Gasteiger partial charge in [0.25, 0.3) is 0 Å². The van der Waals surface area contributed by atoms with Crippen molar-refractivity contribution in [3.8, 4) is 5.75 Å². The third-order valence-corrected chi connectivity index (χ3v) is 3.28. The van der Waals surface area contributed by atoms with Crippen LogP contribution in [0.25, 0.3) is 6.08 Å². The van der Waals surface area contributed by atoms with E-state index < -0.39 is 0 Å². The van der Waals surface area contributed by atoms with Crippen LogP contribution in [0, 0.1) is 0 Å². The third kappa shape index (κ3) is 3.59. The van der Waals surface area contributed by atoms with Crippen LogP contribution in [0.3, 0.4) is 0 Å². The quantitative estimate of drug-likeness (QED) is 0.885. The first-order chi connectivity index (χ1) is 8.79. The molecule has 1 fully saturated rings. The van der Waals surface area contributed by atoms with Crippen LogP contribution in [0.5, 0.6) is 5.75 Å². The molecule has 1 unspecified atom stereocenters. The van der Waals surface area contributed by atoms with Gasteiger partial charge in [-0.05, 0) is 25.5 Å². The van der Waals surface area contributed by atoms with Gasteiger partial charge < -0.3 is 9.84 Å². The molecule has 1 heterocycles. The predicted molar refractivity (Wildman–Crippen MR) is 73.7 cm³/mol. The maximum atomic E-state index is 9.59. The summed E-state index contributed by atoms with van der Waals surface area (Å²) >= 11 is 0. The van der Waals surface area contributed by atoms with Gasteiger partial charge in [0, 0.05) is 18.7 Å². The smallest absolute Gasteiger partial charge is 0.126 e. The van der Waals surface area contributed by atoms with Gasteiger partial charge in [-0.25, -0.2) is 0 Å². The van der Waals surface area contributed by atoms with E-state index in [2.05, 4.69) is 17.1 Å². The highest BCUT2D eigenvalue weighted by atomic mass is 16.5. The largest absolute Gasteiger partial charge is 0.496 e. The molecule has 1 atom stereocenters. The van der Waals surface area contributed by atoms with Crippen LogP contribution >= 0.6 is 0 Å². The van der Waals surface area contributed by atoms with Gasteiger partial charge in [0.05, 0.1) is 13.2 Å². The van der Waals surface area contributed by atoms with Crippen LogP contribution in [0.1, 0.15) is 18.4 Å². The van der Waals surface area contributed by atoms with Crippen molar-refractivity contribution < 1.29 is 9.84 Å². The van der Waals surface area contributed by atoms with Crippen molar-refractivity contribution >= 4 is 6.08 Å². The number of ether oxygens (including phenoxy) is 1. The summed E-state index contributed by atoms with van der Waals surface area (Å²) in [7, 11) is 1.69. The SMILES string of the molecule is COc1ccccc1/C=C/CN1CCCC(O)C1. The van der Waals surface area contributed by atoms with E-state index in [4.69, 9.17) is 4.74 Å². The number of nitrogens with zero attached hydrogens (tertiary/aromatic N) is 1. The first-order valence-corrected chi connectivity index (χ1v) is 6.49. The Labute approximate surface area is 109 Å². The van der Waals surface area contributed by atoms with Crippen LogP contribution in [0.15, 0.2) is 30.3 Å². The summed E-state index contributed by atoms with van der Waals surface area (Å²) in [5.41, 5.74) is 1.09. The number of hydrogen-bond acceptors (Lipinski definition) is 3. The Morgan fingerprint density at radius 3 is 3.06 bits per heavy atom. The standard InChI is InChI=1S/C15H21NO2/c1-18-15-9-3-2-6-13(15)7-4-10-16-11-5-8-14(17)12-16/h2-4,6-7,9,14,17H,5,8,10-12H2,1H3/b7-4+. The maximum absolute atomic E-state index is 9.59. The molecule has 1 aliphatic heterocycles. The Morgan fingerprint density at radius 2 is 2.28 bits per heavy atom. The molecule has 0 aliphatic carbocycles. The summed E-state index contributed by atoms with van der Waals surface area (Å²) in [6.07, 6.45) is 6.09. The van der Waals surface area contributed by atoms with E-state index in [1.54, 1.807) is 7.11 Å². The van der Waals surface area contributed by atoms with E-state index in [9.17, 15) is 5.11 Å². The fraction of sp³-hybridized carbons (Fsp3) is 0.467. The lowest BCUT2D eigenvalue weighted by Gasteiger charge is -2.28. The summed E-state index contributed by atoms with van der Waals surface area (Å²) in [6.45, 7) is 2.75. The minimum absolute atomic E-state index is 0.154. The Morgan fingerprint density at radius 1 is 1.44 bits per heavy atom. The zero-order valence-electron chi connectivity index (χ0n) is 10.9. The highest BCUT2D eigenvalue weighted by Gasteiger charge is 2.15. The normalized spacial score (nSPS) is 21.3. The minimum Gasteiger partial charge on any atom is -0.496 e. The van der Waals surface area contributed by atoms with Crippen molar-refractivity contribution in [3.05, 3.63) is 35.9 Å². The fourth-order valence-electron chi connectivity index (χ4n) is 2.33. The molecule has 0 aromatic heterocycles. The van der Waals surface area contributed by atoms with Crippen molar-refractivity contribution in [1.82, 2.24) is 4.90 Å². The van der Waals surface area contributed by atoms with E-state index >= 15 is 0 Å². The Bertz CT molecular complexity index is 403. The van der Waals surface area contributed by atoms with Crippen LogP contribution in [-0.4, -0.2) is 42.9 Å². The summed E-state index contributed by atoms with van der Waals surface area (Å²) in [5, 5.41) is 9.59. The lowest BCUT2D eigenvalue weighted by molar-refractivity contribution is 0.0771. The van der Waals surface area contributed by atoms with E-state index in [0.29, 0.717) is 0 Å². The predicted octanol–water partition coefficient (Wildman–Crippen LogP) is 2.17. The number of hydrogen-bond donors (Lipinski definition) is 1. The second-order valence-electron chi connectivity index (χ2n) is 4.70. The average molecular weight is 247 g/mol. The molecular formula is C15H21NO2. The molecule has 98 valence electrons. The van der Waals surface area contributed by atoms with Gasteiger partial charge in [-0.3, -0.25) is 4.90 Å². The minimum atomic E-state index is -0.154. The van der Waals surface area contributed by atoms with E-state index in [-0.39, 0.29) is 6.10 Å². The average Bonchev–Trinajstić information content (AvgIpc) is 2.39. The summed E-state index contributed by atoms with van der Waals surface area (Å²) < 4.78 is 5.30. The highest BCUT2D eigenvalue weighted by molar-refractivity contribution is 5.57. The number of benzene rings is 1. The molecule has 1 N–H and O–H groups in total. The Hall–Kier alpha value is -1.32. The van der Waals surface area contributed by atoms with E-state index in [1.807, 2.05) is 24.3 Å². The van der Waals surface area contributed by atoms with Gasteiger partial charge in [0.15, 0.2) is 0 Å². The Kier molecular flexibility index (Phi) is 4.79. The molecule has 3 heteroatoms. The summed E-state index contributed by atoms with van der Waals surface area (Å²) in [4.78, 5) is 2.28. The summed E-state index contributed by atoms with van der Waals surface area (Å²) in [5.74, 6) is 0.896. The number of aliphatic hydroxyl groups is 1. The molecule has 1 aromatic carbocycles. The van der Waals surface area contributed by atoms with Crippen molar-refractivity contribution in [2.24, 2.45) is 0 Å². The number of likely N-dealkylation sites (tertiary alicyclic amines) is 1. The number of aliphatic hydroxyl groups excluding tert-OH is 1. The highest BCUT2D eigenvalue weighted by Crippen LogP contribution is 2.18. The zero-order valence-corrected chi connectivity index (χ0v) is 10.9. The zero-order chi connectivity index (χ0) is 12.8. The molecule has 18 heavy (non-hydrogen) atoms. The van der Waals surface area contributed by atoms with Crippen molar-refractivity contribution in [1.29, 1.82) is 0 Å². The van der Waals surface area contributed by atoms with Gasteiger partial charge in [-0.1, -0.05) is 30.4 Å². The fourth-order valence-corrected chi connectivity index (χ4v) is 2.33. The molecular weight excluding hydrogens is 226 g/mol. The molecule has 0 amide bonds. The number of methoxy groups -OCH3 is 1. The van der Waals surface area contributed by atoms with Gasteiger partial charge in [0.1, 0.15) is 5.75 Å². The van der Waals surface area contributed by atoms with Crippen LogP contribution < -0.4 is 4.74 Å². The van der Waals surface area contributed by atoms with Crippen LogP contribution in [-0.2, 0) is 0 Å². The lowest BCUT2D eigenvalue weighted by Crippen LogP contribution is -2.38. The second kappa shape index (κ2) is 6.57. The number of β-amino-alcohol motifs (C(OH)–C–C–N with tert-alkyl or cyclic N) is 1. The molecule has 1 aliphatic rings. The Balaban J connectivity index is 1.90. The topological polar surface area (TPSA) is 32.7 Å². The maximum Gasteiger partial charge on any atom is 0.126 e. The lowest BCUT2D eigenvalue weighted by atomic mass is 10.1. The van der Waals surface area contributed by atoms with Gasteiger partial charge in [0.2, 0.25) is 0 Å². The molecule has 3 nitrogen and oxygen atoms in total. The van der Waals surface area contributed by atoms with Crippen molar-refractivity contribution in [2.45, 2.75) is 18.9 Å². The van der Waals surface area contributed by atoms with Crippen LogP contribution in [0.4, 0.5) is 0 Å².